The second kappa shape index (κ2) is 10.3. The van der Waals surface area contributed by atoms with Crippen molar-refractivity contribution in [2.24, 2.45) is 11.3 Å². The number of amides is 2. The summed E-state index contributed by atoms with van der Waals surface area (Å²) in [6.07, 6.45) is 3.36. The van der Waals surface area contributed by atoms with E-state index in [0.717, 1.165) is 69.8 Å². The number of hydrogen-bond acceptors (Lipinski definition) is 4. The maximum Gasteiger partial charge on any atom is 0.238 e. The van der Waals surface area contributed by atoms with Gasteiger partial charge in [-0.15, -0.1) is 24.8 Å². The molecule has 2 amide bonds. The molecular weight excluding hydrogens is 423 g/mol. The number of nitrogens with one attached hydrogen (secondary N) is 2. The molecule has 0 radical (unpaired) electrons. The molecule has 0 bridgehead atoms. The number of piperidine rings is 1. The van der Waals surface area contributed by atoms with Crippen LogP contribution in [0.25, 0.3) is 0 Å². The standard InChI is InChI=1S/C22H32N4O2.2ClH/c1-16-4-3-5-19(17(16)2)24-20(27)15-25-10-12-26(13-11-25)21(28)18-14-22(18)6-8-23-9-7-22;;/h3-5,18,23H,6-15H2,1-2H3,(H,24,27);2*1H. The Kier molecular flexibility index (Phi) is 8.57. The Labute approximate surface area is 192 Å². The average Bonchev–Trinajstić information content (AvgIpc) is 3.38. The Morgan fingerprint density at radius 1 is 1.10 bits per heavy atom. The molecule has 4 rings (SSSR count). The van der Waals surface area contributed by atoms with Gasteiger partial charge in [-0.3, -0.25) is 14.5 Å². The van der Waals surface area contributed by atoms with Gasteiger partial charge < -0.3 is 15.5 Å². The van der Waals surface area contributed by atoms with Gasteiger partial charge >= 0.3 is 0 Å². The molecule has 2 aliphatic heterocycles. The van der Waals surface area contributed by atoms with Crippen LogP contribution < -0.4 is 10.6 Å². The van der Waals surface area contributed by atoms with Gasteiger partial charge in [0.25, 0.3) is 0 Å². The highest BCUT2D eigenvalue weighted by Crippen LogP contribution is 2.59. The summed E-state index contributed by atoms with van der Waals surface area (Å²) >= 11 is 0. The molecule has 2 saturated heterocycles. The number of benzene rings is 1. The zero-order valence-electron chi connectivity index (χ0n) is 17.9. The van der Waals surface area contributed by atoms with Gasteiger partial charge in [0.15, 0.2) is 0 Å². The van der Waals surface area contributed by atoms with Crippen molar-refractivity contribution in [3.8, 4) is 0 Å². The minimum absolute atomic E-state index is 0. The number of halogens is 2. The van der Waals surface area contributed by atoms with Crippen molar-refractivity contribution in [2.45, 2.75) is 33.1 Å². The fourth-order valence-corrected chi connectivity index (χ4v) is 4.80. The van der Waals surface area contributed by atoms with E-state index in [1.165, 1.54) is 5.56 Å². The first-order valence-electron chi connectivity index (χ1n) is 10.6. The van der Waals surface area contributed by atoms with Crippen molar-refractivity contribution in [1.82, 2.24) is 15.1 Å². The summed E-state index contributed by atoms with van der Waals surface area (Å²) in [4.78, 5) is 29.5. The molecule has 8 heteroatoms. The summed E-state index contributed by atoms with van der Waals surface area (Å²) < 4.78 is 0. The Balaban J connectivity index is 0.00000160. The largest absolute Gasteiger partial charge is 0.340 e. The Morgan fingerprint density at radius 3 is 2.43 bits per heavy atom. The SMILES string of the molecule is Cc1cccc(NC(=O)CN2CCN(C(=O)C3CC34CCNCC4)CC2)c1C.Cl.Cl. The van der Waals surface area contributed by atoms with E-state index in [2.05, 4.69) is 28.5 Å². The molecule has 1 aromatic rings. The van der Waals surface area contributed by atoms with Crippen LogP contribution in [-0.2, 0) is 9.59 Å². The van der Waals surface area contributed by atoms with Crippen molar-refractivity contribution in [3.63, 3.8) is 0 Å². The van der Waals surface area contributed by atoms with Gasteiger partial charge in [-0.25, -0.2) is 0 Å². The Hall–Kier alpha value is -1.34. The second-order valence-corrected chi connectivity index (χ2v) is 8.77. The lowest BCUT2D eigenvalue weighted by atomic mass is 9.91. The van der Waals surface area contributed by atoms with Gasteiger partial charge in [-0.1, -0.05) is 12.1 Å². The minimum Gasteiger partial charge on any atom is -0.340 e. The molecule has 2 heterocycles. The van der Waals surface area contributed by atoms with E-state index in [1.807, 2.05) is 24.0 Å². The average molecular weight is 457 g/mol. The van der Waals surface area contributed by atoms with Crippen LogP contribution in [0.3, 0.4) is 0 Å². The topological polar surface area (TPSA) is 64.7 Å². The summed E-state index contributed by atoms with van der Waals surface area (Å²) in [5, 5.41) is 6.43. The number of rotatable bonds is 4. The monoisotopic (exact) mass is 456 g/mol. The van der Waals surface area contributed by atoms with Crippen LogP contribution in [0.2, 0.25) is 0 Å². The summed E-state index contributed by atoms with van der Waals surface area (Å²) in [6.45, 7) is 9.58. The van der Waals surface area contributed by atoms with Crippen molar-refractivity contribution in [1.29, 1.82) is 0 Å². The molecule has 3 fully saturated rings. The van der Waals surface area contributed by atoms with Gasteiger partial charge in [-0.2, -0.15) is 0 Å². The Morgan fingerprint density at radius 2 is 1.77 bits per heavy atom. The first-order valence-corrected chi connectivity index (χ1v) is 10.6. The number of anilines is 1. The highest BCUT2D eigenvalue weighted by atomic mass is 35.5. The smallest absolute Gasteiger partial charge is 0.238 e. The molecule has 3 aliphatic rings. The molecule has 1 spiro atoms. The third-order valence-corrected chi connectivity index (χ3v) is 7.02. The number of hydrogen-bond donors (Lipinski definition) is 2. The van der Waals surface area contributed by atoms with Crippen LogP contribution in [0.5, 0.6) is 0 Å². The van der Waals surface area contributed by atoms with Crippen molar-refractivity contribution in [2.75, 3.05) is 51.1 Å². The zero-order valence-corrected chi connectivity index (χ0v) is 19.5. The summed E-state index contributed by atoms with van der Waals surface area (Å²) in [7, 11) is 0. The van der Waals surface area contributed by atoms with Gasteiger partial charge in [-0.05, 0) is 68.8 Å². The van der Waals surface area contributed by atoms with Crippen LogP contribution in [-0.4, -0.2) is 67.4 Å². The maximum absolute atomic E-state index is 12.9. The van der Waals surface area contributed by atoms with E-state index in [1.54, 1.807) is 0 Å². The lowest BCUT2D eigenvalue weighted by Crippen LogP contribution is -2.51. The van der Waals surface area contributed by atoms with Crippen LogP contribution in [0.1, 0.15) is 30.4 Å². The molecule has 2 N–H and O–H groups in total. The first-order chi connectivity index (χ1) is 13.5. The molecule has 1 aromatic carbocycles. The van der Waals surface area contributed by atoms with Crippen LogP contribution in [0.15, 0.2) is 18.2 Å². The van der Waals surface area contributed by atoms with E-state index in [9.17, 15) is 9.59 Å². The molecule has 1 unspecified atom stereocenters. The van der Waals surface area contributed by atoms with Crippen molar-refractivity contribution < 1.29 is 9.59 Å². The molecule has 168 valence electrons. The van der Waals surface area contributed by atoms with E-state index in [0.29, 0.717) is 17.9 Å². The van der Waals surface area contributed by atoms with Crippen LogP contribution in [0.4, 0.5) is 5.69 Å². The molecule has 1 atom stereocenters. The van der Waals surface area contributed by atoms with Gasteiger partial charge in [0.05, 0.1) is 6.54 Å². The van der Waals surface area contributed by atoms with E-state index >= 15 is 0 Å². The first kappa shape index (κ1) is 24.9. The lowest BCUT2D eigenvalue weighted by Gasteiger charge is -2.35. The highest BCUT2D eigenvalue weighted by molar-refractivity contribution is 5.93. The maximum atomic E-state index is 12.9. The summed E-state index contributed by atoms with van der Waals surface area (Å²) in [6, 6.07) is 5.97. The van der Waals surface area contributed by atoms with E-state index in [-0.39, 0.29) is 36.6 Å². The molecule has 1 saturated carbocycles. The van der Waals surface area contributed by atoms with Gasteiger partial charge in [0.2, 0.25) is 11.8 Å². The zero-order chi connectivity index (χ0) is 19.7. The fraction of sp³-hybridized carbons (Fsp3) is 0.636. The fourth-order valence-electron chi connectivity index (χ4n) is 4.80. The molecule has 1 aliphatic carbocycles. The number of piperazine rings is 1. The molecular formula is C22H34Cl2N4O2. The highest BCUT2D eigenvalue weighted by Gasteiger charge is 2.58. The predicted octanol–water partition coefficient (Wildman–Crippen LogP) is 2.62. The summed E-state index contributed by atoms with van der Waals surface area (Å²) in [5.74, 6) is 0.611. The number of aryl methyl sites for hydroxylation is 1. The number of carbonyl (C=O) groups is 2. The predicted molar refractivity (Wildman–Crippen MR) is 125 cm³/mol. The van der Waals surface area contributed by atoms with Crippen molar-refractivity contribution in [3.05, 3.63) is 29.3 Å². The normalized spacial score (nSPS) is 22.6. The van der Waals surface area contributed by atoms with E-state index < -0.39 is 0 Å². The van der Waals surface area contributed by atoms with Crippen LogP contribution >= 0.6 is 24.8 Å². The Bertz CT molecular complexity index is 760. The number of carbonyl (C=O) groups excluding carboxylic acids is 2. The van der Waals surface area contributed by atoms with E-state index in [4.69, 9.17) is 0 Å². The third-order valence-electron chi connectivity index (χ3n) is 7.02. The number of nitrogens with zero attached hydrogens (tertiary/aromatic N) is 2. The van der Waals surface area contributed by atoms with Crippen LogP contribution in [0, 0.1) is 25.2 Å². The second-order valence-electron chi connectivity index (χ2n) is 8.77. The minimum atomic E-state index is 0. The summed E-state index contributed by atoms with van der Waals surface area (Å²) in [5.41, 5.74) is 3.48. The molecule has 0 aromatic heterocycles. The van der Waals surface area contributed by atoms with Gasteiger partial charge in [0.1, 0.15) is 0 Å². The lowest BCUT2D eigenvalue weighted by molar-refractivity contribution is -0.135. The van der Waals surface area contributed by atoms with Crippen molar-refractivity contribution >= 4 is 42.3 Å². The van der Waals surface area contributed by atoms with Gasteiger partial charge in [0, 0.05) is 37.8 Å². The third kappa shape index (κ3) is 5.28. The molecule has 6 nitrogen and oxygen atoms in total. The molecule has 30 heavy (non-hydrogen) atoms. The quantitative estimate of drug-likeness (QED) is 0.730.